The lowest BCUT2D eigenvalue weighted by atomic mass is 10.0. The van der Waals surface area contributed by atoms with Crippen LogP contribution in [0.25, 0.3) is 5.69 Å². The van der Waals surface area contributed by atoms with E-state index in [9.17, 15) is 10.1 Å². The normalized spacial score (nSPS) is 16.3. The Labute approximate surface area is 173 Å². The molecule has 1 aliphatic heterocycles. The lowest BCUT2D eigenvalue weighted by molar-refractivity contribution is 0.0575. The molecule has 0 radical (unpaired) electrons. The Kier molecular flexibility index (Phi) is 6.39. The van der Waals surface area contributed by atoms with Gasteiger partial charge in [0.2, 0.25) is 0 Å². The van der Waals surface area contributed by atoms with E-state index in [-0.39, 0.29) is 23.8 Å². The number of rotatable bonds is 5. The summed E-state index contributed by atoms with van der Waals surface area (Å²) in [5.74, 6) is 0.482. The summed E-state index contributed by atoms with van der Waals surface area (Å²) >= 11 is 0. The summed E-state index contributed by atoms with van der Waals surface area (Å²) in [6, 6.07) is 10.5. The number of amides is 1. The number of nitriles is 1. The van der Waals surface area contributed by atoms with Crippen LogP contribution < -0.4 is 0 Å². The maximum atomic E-state index is 13.3. The molecule has 1 aliphatic rings. The molecule has 3 rings (SSSR count). The second-order valence-corrected chi connectivity index (χ2v) is 8.49. The van der Waals surface area contributed by atoms with Gasteiger partial charge in [-0.15, -0.1) is 0 Å². The van der Waals surface area contributed by atoms with E-state index in [0.717, 1.165) is 24.5 Å². The number of hydrogen-bond donors (Lipinski definition) is 0. The van der Waals surface area contributed by atoms with Crippen LogP contribution in [0.4, 0.5) is 0 Å². The highest BCUT2D eigenvalue weighted by atomic mass is 16.2. The lowest BCUT2D eigenvalue weighted by Crippen LogP contribution is -2.52. The largest absolute Gasteiger partial charge is 0.336 e. The molecule has 0 bridgehead atoms. The number of aryl methyl sites for hydroxylation is 1. The van der Waals surface area contributed by atoms with E-state index < -0.39 is 0 Å². The first-order valence-electron chi connectivity index (χ1n) is 10.4. The Morgan fingerprint density at radius 3 is 2.21 bits per heavy atom. The second kappa shape index (κ2) is 8.79. The number of carbonyl (C=O) groups is 1. The number of carbonyl (C=O) groups excluding carboxylic acids is 1. The Hall–Kier alpha value is -2.65. The highest BCUT2D eigenvalue weighted by molar-refractivity contribution is 5.95. The summed E-state index contributed by atoms with van der Waals surface area (Å²) in [4.78, 5) is 17.4. The minimum atomic E-state index is -0.0947. The monoisotopic (exact) mass is 393 g/mol. The molecule has 6 heteroatoms. The summed E-state index contributed by atoms with van der Waals surface area (Å²) in [5, 5.41) is 14.0. The zero-order chi connectivity index (χ0) is 21.1. The highest BCUT2D eigenvalue weighted by Crippen LogP contribution is 2.25. The zero-order valence-corrected chi connectivity index (χ0v) is 18.1. The van der Waals surface area contributed by atoms with Gasteiger partial charge in [-0.05, 0) is 30.9 Å². The number of benzene rings is 1. The molecule has 1 fully saturated rings. The van der Waals surface area contributed by atoms with Crippen LogP contribution in [-0.4, -0.2) is 57.7 Å². The molecule has 0 spiro atoms. The summed E-state index contributed by atoms with van der Waals surface area (Å²) in [6.45, 7) is 13.1. The van der Waals surface area contributed by atoms with E-state index >= 15 is 0 Å². The Morgan fingerprint density at radius 2 is 1.69 bits per heavy atom. The van der Waals surface area contributed by atoms with Crippen molar-refractivity contribution in [3.8, 4) is 11.8 Å². The van der Waals surface area contributed by atoms with Crippen LogP contribution in [0.5, 0.6) is 0 Å². The fourth-order valence-corrected chi connectivity index (χ4v) is 4.00. The molecule has 1 amide bonds. The maximum Gasteiger partial charge on any atom is 0.257 e. The number of nitrogens with zero attached hydrogens (tertiary/aromatic N) is 5. The molecular weight excluding hydrogens is 362 g/mol. The van der Waals surface area contributed by atoms with Gasteiger partial charge in [0.15, 0.2) is 0 Å². The molecule has 6 nitrogen and oxygen atoms in total. The van der Waals surface area contributed by atoms with Crippen LogP contribution in [0, 0.1) is 24.2 Å². The maximum absolute atomic E-state index is 13.3. The third-order valence-corrected chi connectivity index (χ3v) is 5.62. The summed E-state index contributed by atoms with van der Waals surface area (Å²) in [6.07, 6.45) is 1.70. The van der Waals surface area contributed by atoms with Crippen LogP contribution >= 0.6 is 0 Å². The van der Waals surface area contributed by atoms with Crippen LogP contribution in [0.3, 0.4) is 0 Å². The fourth-order valence-electron chi connectivity index (χ4n) is 4.00. The van der Waals surface area contributed by atoms with Crippen molar-refractivity contribution in [2.75, 3.05) is 26.2 Å². The first kappa shape index (κ1) is 21.1. The van der Waals surface area contributed by atoms with E-state index in [1.807, 2.05) is 21.7 Å². The van der Waals surface area contributed by atoms with E-state index in [0.29, 0.717) is 18.7 Å². The van der Waals surface area contributed by atoms with Crippen molar-refractivity contribution in [3.63, 3.8) is 0 Å². The van der Waals surface area contributed by atoms with E-state index in [1.54, 1.807) is 6.20 Å². The van der Waals surface area contributed by atoms with Crippen molar-refractivity contribution >= 4 is 5.91 Å². The lowest BCUT2D eigenvalue weighted by Gasteiger charge is -2.38. The Morgan fingerprint density at radius 1 is 1.07 bits per heavy atom. The van der Waals surface area contributed by atoms with Gasteiger partial charge in [0.25, 0.3) is 5.91 Å². The Bertz CT molecular complexity index is 883. The van der Waals surface area contributed by atoms with Crippen molar-refractivity contribution < 1.29 is 4.79 Å². The van der Waals surface area contributed by atoms with Gasteiger partial charge in [0.1, 0.15) is 6.04 Å². The van der Waals surface area contributed by atoms with Gasteiger partial charge < -0.3 is 4.90 Å². The summed E-state index contributed by atoms with van der Waals surface area (Å²) in [7, 11) is 0. The van der Waals surface area contributed by atoms with Gasteiger partial charge in [0, 0.05) is 26.2 Å². The van der Waals surface area contributed by atoms with Gasteiger partial charge >= 0.3 is 0 Å². The quantitative estimate of drug-likeness (QED) is 0.778. The molecule has 0 N–H and O–H groups in total. The molecule has 2 heterocycles. The third-order valence-electron chi connectivity index (χ3n) is 5.62. The van der Waals surface area contributed by atoms with E-state index in [2.05, 4.69) is 62.8 Å². The second-order valence-electron chi connectivity index (χ2n) is 8.49. The molecule has 1 unspecified atom stereocenters. The van der Waals surface area contributed by atoms with Crippen LogP contribution in [0.15, 0.2) is 30.5 Å². The minimum absolute atomic E-state index is 0.0322. The topological polar surface area (TPSA) is 65.2 Å². The van der Waals surface area contributed by atoms with Gasteiger partial charge in [-0.25, -0.2) is 4.68 Å². The first-order valence-corrected chi connectivity index (χ1v) is 10.4. The van der Waals surface area contributed by atoms with Crippen molar-refractivity contribution in [2.24, 2.45) is 5.92 Å². The summed E-state index contributed by atoms with van der Waals surface area (Å²) < 4.78 is 1.89. The third kappa shape index (κ3) is 4.35. The predicted molar refractivity (Wildman–Crippen MR) is 114 cm³/mol. The Balaban J connectivity index is 1.80. The fraction of sp³-hybridized carbons (Fsp3) is 0.522. The summed E-state index contributed by atoms with van der Waals surface area (Å²) in [5.41, 5.74) is 3.78. The van der Waals surface area contributed by atoms with E-state index in [1.165, 1.54) is 5.56 Å². The number of hydrogen-bond acceptors (Lipinski definition) is 4. The van der Waals surface area contributed by atoms with Gasteiger partial charge in [0.05, 0.1) is 29.2 Å². The molecule has 1 aromatic carbocycles. The SMILES string of the molecule is Cc1ccc(-n2ncc(C(=O)N3CCN(C(C#N)C(C)C)CC3)c2C(C)C)cc1. The van der Waals surface area contributed by atoms with Crippen molar-refractivity contribution in [2.45, 2.75) is 46.6 Å². The van der Waals surface area contributed by atoms with Gasteiger partial charge in [-0.3, -0.25) is 9.69 Å². The van der Waals surface area contributed by atoms with Crippen LogP contribution in [0.2, 0.25) is 0 Å². The average Bonchev–Trinajstić information content (AvgIpc) is 3.14. The smallest absolute Gasteiger partial charge is 0.257 e. The molecule has 29 heavy (non-hydrogen) atoms. The molecule has 1 aromatic heterocycles. The molecule has 1 saturated heterocycles. The molecule has 0 aliphatic carbocycles. The van der Waals surface area contributed by atoms with Crippen LogP contribution in [0.1, 0.15) is 55.2 Å². The predicted octanol–water partition coefficient (Wildman–Crippen LogP) is 3.61. The van der Waals surface area contributed by atoms with Gasteiger partial charge in [-0.2, -0.15) is 10.4 Å². The first-order chi connectivity index (χ1) is 13.8. The minimum Gasteiger partial charge on any atom is -0.336 e. The van der Waals surface area contributed by atoms with Crippen molar-refractivity contribution in [3.05, 3.63) is 47.3 Å². The molecule has 154 valence electrons. The zero-order valence-electron chi connectivity index (χ0n) is 18.1. The average molecular weight is 394 g/mol. The standard InChI is InChI=1S/C23H31N5O/c1-16(2)21(14-24)26-10-12-27(13-11-26)23(29)20-15-25-28(22(20)17(3)4)19-8-6-18(5)7-9-19/h6-9,15-17,21H,10-13H2,1-5H3. The molecule has 2 aromatic rings. The number of aromatic nitrogens is 2. The highest BCUT2D eigenvalue weighted by Gasteiger charge is 2.30. The van der Waals surface area contributed by atoms with Crippen LogP contribution in [-0.2, 0) is 0 Å². The molecule has 0 saturated carbocycles. The number of piperazine rings is 1. The van der Waals surface area contributed by atoms with Crippen molar-refractivity contribution in [1.29, 1.82) is 5.26 Å². The molecule has 1 atom stereocenters. The van der Waals surface area contributed by atoms with Crippen molar-refractivity contribution in [1.82, 2.24) is 19.6 Å². The van der Waals surface area contributed by atoms with Gasteiger partial charge in [-0.1, -0.05) is 45.4 Å². The van der Waals surface area contributed by atoms with E-state index in [4.69, 9.17) is 0 Å². The molecular formula is C23H31N5O.